The summed E-state index contributed by atoms with van der Waals surface area (Å²) in [6.45, 7) is 14.0. The Kier molecular flexibility index (Phi) is 7.57. The van der Waals surface area contributed by atoms with Gasteiger partial charge in [-0.25, -0.2) is 4.39 Å². The van der Waals surface area contributed by atoms with Crippen LogP contribution in [0.1, 0.15) is 49.9 Å². The standard InChI is InChI=1S/C14H16FN.C12H14/c1-3-11-4-9-14(16(2)10-11)12-5-7-13(15)8-6-12;1-9(2)11-7-5-6-8-12(11)10(3)4/h4-10,14H,3H2,1-2H3;5-8H,1,3H2,2,4H3. The molecule has 1 nitrogen and oxygen atoms in total. The van der Waals surface area contributed by atoms with E-state index in [4.69, 9.17) is 0 Å². The highest BCUT2D eigenvalue weighted by Crippen LogP contribution is 2.27. The van der Waals surface area contributed by atoms with Crippen molar-refractivity contribution >= 4 is 11.1 Å². The van der Waals surface area contributed by atoms with Crippen molar-refractivity contribution in [3.05, 3.63) is 108 Å². The third kappa shape index (κ3) is 5.56. The van der Waals surface area contributed by atoms with Crippen LogP contribution in [0.15, 0.2) is 85.6 Å². The van der Waals surface area contributed by atoms with Gasteiger partial charge < -0.3 is 4.90 Å². The number of hydrogen-bond donors (Lipinski definition) is 0. The molecule has 0 radical (unpaired) electrons. The van der Waals surface area contributed by atoms with Crippen LogP contribution in [-0.2, 0) is 0 Å². The molecule has 146 valence electrons. The highest BCUT2D eigenvalue weighted by Gasteiger charge is 2.14. The average Bonchev–Trinajstić information content (AvgIpc) is 2.69. The zero-order chi connectivity index (χ0) is 20.7. The van der Waals surface area contributed by atoms with E-state index in [1.807, 2.05) is 45.2 Å². The fourth-order valence-electron chi connectivity index (χ4n) is 3.18. The van der Waals surface area contributed by atoms with E-state index in [9.17, 15) is 4.39 Å². The van der Waals surface area contributed by atoms with E-state index in [2.05, 4.69) is 55.5 Å². The molecule has 0 saturated heterocycles. The molecule has 1 heterocycles. The summed E-state index contributed by atoms with van der Waals surface area (Å²) in [5.41, 5.74) is 7.02. The molecular formula is C26H30FN. The SMILES string of the molecule is C=C(C)c1ccccc1C(=C)C.CCC1=CN(C)C(c2ccc(F)cc2)C=C1. The molecular weight excluding hydrogens is 345 g/mol. The molecule has 0 N–H and O–H groups in total. The topological polar surface area (TPSA) is 3.24 Å². The van der Waals surface area contributed by atoms with Crippen LogP contribution in [0.5, 0.6) is 0 Å². The molecule has 1 atom stereocenters. The first-order valence-corrected chi connectivity index (χ1v) is 9.60. The number of likely N-dealkylation sites (N-methyl/N-ethyl adjacent to an activating group) is 1. The Morgan fingerprint density at radius 2 is 1.50 bits per heavy atom. The van der Waals surface area contributed by atoms with E-state index in [0.29, 0.717) is 0 Å². The fraction of sp³-hybridized carbons (Fsp3) is 0.231. The Morgan fingerprint density at radius 3 is 1.93 bits per heavy atom. The average molecular weight is 376 g/mol. The summed E-state index contributed by atoms with van der Waals surface area (Å²) in [6.07, 6.45) is 7.49. The van der Waals surface area contributed by atoms with Crippen LogP contribution < -0.4 is 0 Å². The molecule has 3 rings (SSSR count). The van der Waals surface area contributed by atoms with Crippen molar-refractivity contribution in [2.45, 2.75) is 33.2 Å². The smallest absolute Gasteiger partial charge is 0.123 e. The maximum absolute atomic E-state index is 12.8. The van der Waals surface area contributed by atoms with E-state index in [0.717, 1.165) is 23.1 Å². The maximum atomic E-state index is 12.8. The molecule has 1 aliphatic heterocycles. The molecule has 2 heteroatoms. The third-order valence-corrected chi connectivity index (χ3v) is 4.77. The Balaban J connectivity index is 0.000000209. The lowest BCUT2D eigenvalue weighted by Crippen LogP contribution is -2.20. The van der Waals surface area contributed by atoms with Crippen LogP contribution in [0.3, 0.4) is 0 Å². The lowest BCUT2D eigenvalue weighted by molar-refractivity contribution is 0.385. The van der Waals surface area contributed by atoms with Crippen molar-refractivity contribution in [2.24, 2.45) is 0 Å². The molecule has 0 saturated carbocycles. The number of allylic oxidation sites excluding steroid dienone is 4. The Labute approximate surface area is 169 Å². The Bertz CT molecular complexity index is 854. The van der Waals surface area contributed by atoms with Gasteiger partial charge in [0.1, 0.15) is 5.82 Å². The van der Waals surface area contributed by atoms with Gasteiger partial charge in [-0.15, -0.1) is 0 Å². The molecule has 1 aliphatic rings. The van der Waals surface area contributed by atoms with Gasteiger partial charge in [0.25, 0.3) is 0 Å². The van der Waals surface area contributed by atoms with Crippen LogP contribution in [-0.4, -0.2) is 11.9 Å². The van der Waals surface area contributed by atoms with Gasteiger partial charge in [0.2, 0.25) is 0 Å². The minimum Gasteiger partial charge on any atom is -0.370 e. The van der Waals surface area contributed by atoms with Gasteiger partial charge in [0.05, 0.1) is 6.04 Å². The highest BCUT2D eigenvalue weighted by molar-refractivity contribution is 5.76. The van der Waals surface area contributed by atoms with Crippen molar-refractivity contribution in [3.63, 3.8) is 0 Å². The summed E-state index contributed by atoms with van der Waals surface area (Å²) < 4.78 is 12.8. The zero-order valence-corrected chi connectivity index (χ0v) is 17.4. The number of nitrogens with zero attached hydrogens (tertiary/aromatic N) is 1. The molecule has 0 aromatic heterocycles. The fourth-order valence-corrected chi connectivity index (χ4v) is 3.18. The molecule has 0 spiro atoms. The molecule has 0 fully saturated rings. The molecule has 1 unspecified atom stereocenters. The summed E-state index contributed by atoms with van der Waals surface area (Å²) >= 11 is 0. The van der Waals surface area contributed by atoms with E-state index in [-0.39, 0.29) is 11.9 Å². The minimum atomic E-state index is -0.184. The second-order valence-corrected chi connectivity index (χ2v) is 7.18. The molecule has 0 bridgehead atoms. The second-order valence-electron chi connectivity index (χ2n) is 7.18. The first-order valence-electron chi connectivity index (χ1n) is 9.60. The monoisotopic (exact) mass is 375 g/mol. The molecule has 2 aromatic carbocycles. The van der Waals surface area contributed by atoms with Gasteiger partial charge in [-0.1, -0.05) is 79.8 Å². The van der Waals surface area contributed by atoms with Crippen LogP contribution in [0, 0.1) is 5.82 Å². The predicted molar refractivity (Wildman–Crippen MR) is 120 cm³/mol. The summed E-state index contributed by atoms with van der Waals surface area (Å²) in [7, 11) is 2.05. The summed E-state index contributed by atoms with van der Waals surface area (Å²) in [6, 6.07) is 15.1. The van der Waals surface area contributed by atoms with Crippen LogP contribution in [0.25, 0.3) is 11.1 Å². The van der Waals surface area contributed by atoms with E-state index in [1.54, 1.807) is 0 Å². The van der Waals surface area contributed by atoms with Crippen molar-refractivity contribution in [1.29, 1.82) is 0 Å². The van der Waals surface area contributed by atoms with Crippen molar-refractivity contribution in [2.75, 3.05) is 7.05 Å². The van der Waals surface area contributed by atoms with E-state index < -0.39 is 0 Å². The van der Waals surface area contributed by atoms with E-state index in [1.165, 1.54) is 28.8 Å². The van der Waals surface area contributed by atoms with Gasteiger partial charge in [0.15, 0.2) is 0 Å². The first-order chi connectivity index (χ1) is 13.3. The van der Waals surface area contributed by atoms with Gasteiger partial charge in [-0.2, -0.15) is 0 Å². The largest absolute Gasteiger partial charge is 0.370 e. The number of hydrogen-bond acceptors (Lipinski definition) is 1. The van der Waals surface area contributed by atoms with Gasteiger partial charge >= 0.3 is 0 Å². The number of rotatable bonds is 4. The summed E-state index contributed by atoms with van der Waals surface area (Å²) in [5, 5.41) is 0. The predicted octanol–water partition coefficient (Wildman–Crippen LogP) is 7.42. The lowest BCUT2D eigenvalue weighted by atomic mass is 9.98. The molecule has 28 heavy (non-hydrogen) atoms. The molecule has 0 aliphatic carbocycles. The molecule has 0 amide bonds. The third-order valence-electron chi connectivity index (χ3n) is 4.77. The second kappa shape index (κ2) is 9.89. The quantitative estimate of drug-likeness (QED) is 0.537. The Morgan fingerprint density at radius 1 is 0.964 bits per heavy atom. The highest BCUT2D eigenvalue weighted by atomic mass is 19.1. The van der Waals surface area contributed by atoms with Gasteiger partial charge in [0, 0.05) is 13.2 Å². The maximum Gasteiger partial charge on any atom is 0.123 e. The van der Waals surface area contributed by atoms with Crippen LogP contribution in [0.2, 0.25) is 0 Å². The number of halogens is 1. The first kappa shape index (κ1) is 21.4. The number of benzene rings is 2. The zero-order valence-electron chi connectivity index (χ0n) is 17.4. The minimum absolute atomic E-state index is 0.184. The summed E-state index contributed by atoms with van der Waals surface area (Å²) in [4.78, 5) is 2.16. The van der Waals surface area contributed by atoms with Gasteiger partial charge in [-0.05, 0) is 54.7 Å². The summed E-state index contributed by atoms with van der Waals surface area (Å²) in [5.74, 6) is -0.184. The Hall–Kier alpha value is -2.87. The van der Waals surface area contributed by atoms with Crippen molar-refractivity contribution in [3.8, 4) is 0 Å². The van der Waals surface area contributed by atoms with Crippen LogP contribution in [0.4, 0.5) is 4.39 Å². The lowest BCUT2D eigenvalue weighted by Gasteiger charge is -2.28. The molecule has 2 aromatic rings. The van der Waals surface area contributed by atoms with Gasteiger partial charge in [-0.3, -0.25) is 0 Å². The van der Waals surface area contributed by atoms with Crippen molar-refractivity contribution in [1.82, 2.24) is 4.90 Å². The normalized spacial score (nSPS) is 15.4. The van der Waals surface area contributed by atoms with E-state index >= 15 is 0 Å². The van der Waals surface area contributed by atoms with Crippen molar-refractivity contribution < 1.29 is 4.39 Å². The van der Waals surface area contributed by atoms with Crippen LogP contribution >= 0.6 is 0 Å².